The van der Waals surface area contributed by atoms with Crippen molar-refractivity contribution in [2.75, 3.05) is 6.61 Å². The molecular weight excluding hydrogens is 612 g/mol. The number of hydrogen-bond donors (Lipinski definition) is 1. The largest absolute Gasteiger partial charge is 0.465 e. The fourth-order valence-corrected chi connectivity index (χ4v) is 8.03. The summed E-state index contributed by atoms with van der Waals surface area (Å²) in [6.45, 7) is 8.11. The van der Waals surface area contributed by atoms with Crippen LogP contribution in [0.1, 0.15) is 68.7 Å². The van der Waals surface area contributed by atoms with Gasteiger partial charge in [-0.1, -0.05) is 43.3 Å². The molecule has 2 aromatic rings. The number of aliphatic hydroxyl groups is 1. The van der Waals surface area contributed by atoms with E-state index in [-0.39, 0.29) is 17.5 Å². The molecule has 12 nitrogen and oxygen atoms in total. The van der Waals surface area contributed by atoms with Crippen molar-refractivity contribution in [1.82, 2.24) is 0 Å². The Balaban J connectivity index is 1.74. The zero-order chi connectivity index (χ0) is 34.3. The van der Waals surface area contributed by atoms with Crippen molar-refractivity contribution in [2.24, 2.45) is 17.3 Å². The van der Waals surface area contributed by atoms with E-state index in [1.807, 2.05) is 0 Å². The first kappa shape index (κ1) is 34.1. The molecule has 2 aromatic carbocycles. The smallest absolute Gasteiger partial charge is 0.338 e. The number of aliphatic hydroxyl groups excluding tert-OH is 1. The first-order valence-electron chi connectivity index (χ1n) is 15.5. The quantitative estimate of drug-likeness (QED) is 0.327. The summed E-state index contributed by atoms with van der Waals surface area (Å²) in [4.78, 5) is 65.1. The molecule has 2 saturated carbocycles. The Kier molecular flexibility index (Phi) is 9.22. The minimum Gasteiger partial charge on any atom is -0.465 e. The lowest BCUT2D eigenvalue weighted by atomic mass is 9.47. The molecule has 9 atom stereocenters. The standard InChI is InChI=1S/C35H40O12/c1-19-17-25(45-31(40)23-13-9-7-10-14-23)28(39)34(18-42-20(2)36)30(44-22(4)38)27(46-32(41)24-15-11-8-12-16-24)26-29(43-21(3)37)35(19,34)47-33(26,5)6/h7-16,19,25-30,39H,17-18H2,1-6H3/t19-,25+,26-,27-,28+,29-,30-,34+,35-/m1/s1. The van der Waals surface area contributed by atoms with Crippen molar-refractivity contribution in [3.63, 3.8) is 0 Å². The van der Waals surface area contributed by atoms with Gasteiger partial charge in [0.25, 0.3) is 0 Å². The highest BCUT2D eigenvalue weighted by atomic mass is 16.6. The Morgan fingerprint density at radius 1 is 0.766 bits per heavy atom. The van der Waals surface area contributed by atoms with Crippen LogP contribution in [0.3, 0.4) is 0 Å². The Morgan fingerprint density at radius 2 is 1.28 bits per heavy atom. The molecule has 0 unspecified atom stereocenters. The van der Waals surface area contributed by atoms with Crippen LogP contribution in [0.5, 0.6) is 0 Å². The lowest BCUT2D eigenvalue weighted by Crippen LogP contribution is -2.81. The maximum atomic E-state index is 13.7. The molecule has 3 aliphatic rings. The van der Waals surface area contributed by atoms with E-state index in [1.54, 1.807) is 81.4 Å². The molecule has 1 saturated heterocycles. The third kappa shape index (κ3) is 5.78. The Hall–Kier alpha value is -4.29. The fourth-order valence-electron chi connectivity index (χ4n) is 8.03. The number of esters is 5. The van der Waals surface area contributed by atoms with Crippen LogP contribution in [0.2, 0.25) is 0 Å². The molecule has 252 valence electrons. The van der Waals surface area contributed by atoms with Gasteiger partial charge in [-0.2, -0.15) is 0 Å². The highest BCUT2D eigenvalue weighted by Crippen LogP contribution is 2.68. The monoisotopic (exact) mass is 652 g/mol. The van der Waals surface area contributed by atoms with Crippen LogP contribution in [-0.2, 0) is 42.8 Å². The molecular formula is C35H40O12. The lowest BCUT2D eigenvalue weighted by Gasteiger charge is -2.64. The van der Waals surface area contributed by atoms with Gasteiger partial charge in [0, 0.05) is 20.8 Å². The first-order chi connectivity index (χ1) is 22.2. The number of fused-ring (bicyclic) bond motifs is 1. The second-order valence-corrected chi connectivity index (χ2v) is 13.0. The number of carbonyl (C=O) groups is 5. The highest BCUT2D eigenvalue weighted by Gasteiger charge is 2.85. The molecule has 1 aliphatic heterocycles. The average Bonchev–Trinajstić information content (AvgIpc) is 3.21. The molecule has 1 heterocycles. The summed E-state index contributed by atoms with van der Waals surface area (Å²) in [5.74, 6) is -5.31. The van der Waals surface area contributed by atoms with Crippen molar-refractivity contribution >= 4 is 29.8 Å². The van der Waals surface area contributed by atoms with Gasteiger partial charge in [-0.3, -0.25) is 14.4 Å². The van der Waals surface area contributed by atoms with E-state index in [0.717, 1.165) is 13.8 Å². The number of carbonyl (C=O) groups excluding carboxylic acids is 5. The summed E-state index contributed by atoms with van der Waals surface area (Å²) in [5, 5.41) is 12.5. The minimum absolute atomic E-state index is 0.0311. The Bertz CT molecular complexity index is 1520. The summed E-state index contributed by atoms with van der Waals surface area (Å²) >= 11 is 0. The summed E-state index contributed by atoms with van der Waals surface area (Å²) in [6, 6.07) is 16.3. The van der Waals surface area contributed by atoms with E-state index in [9.17, 15) is 29.1 Å². The van der Waals surface area contributed by atoms with E-state index in [2.05, 4.69) is 0 Å². The van der Waals surface area contributed by atoms with Crippen molar-refractivity contribution in [3.8, 4) is 0 Å². The van der Waals surface area contributed by atoms with Crippen LogP contribution >= 0.6 is 0 Å². The van der Waals surface area contributed by atoms with Gasteiger partial charge in [0.2, 0.25) is 0 Å². The predicted molar refractivity (Wildman–Crippen MR) is 163 cm³/mol. The molecule has 1 N–H and O–H groups in total. The summed E-state index contributed by atoms with van der Waals surface area (Å²) in [5.41, 5.74) is -4.48. The molecule has 1 spiro atoms. The van der Waals surface area contributed by atoms with E-state index >= 15 is 0 Å². The second-order valence-electron chi connectivity index (χ2n) is 13.0. The minimum atomic E-state index is -1.99. The van der Waals surface area contributed by atoms with E-state index in [1.165, 1.54) is 6.92 Å². The lowest BCUT2D eigenvalue weighted by molar-refractivity contribution is -0.328. The van der Waals surface area contributed by atoms with E-state index in [4.69, 9.17) is 28.4 Å². The molecule has 2 aliphatic carbocycles. The van der Waals surface area contributed by atoms with Crippen LogP contribution in [0, 0.1) is 17.3 Å². The predicted octanol–water partition coefficient (Wildman–Crippen LogP) is 3.43. The number of ether oxygens (including phenoxy) is 6. The number of rotatable bonds is 8. The van der Waals surface area contributed by atoms with E-state index < -0.39 is 95.4 Å². The molecule has 0 radical (unpaired) electrons. The van der Waals surface area contributed by atoms with Crippen LogP contribution < -0.4 is 0 Å². The maximum Gasteiger partial charge on any atom is 0.338 e. The van der Waals surface area contributed by atoms with Crippen molar-refractivity contribution in [2.45, 2.75) is 89.7 Å². The zero-order valence-corrected chi connectivity index (χ0v) is 27.2. The van der Waals surface area contributed by atoms with Gasteiger partial charge in [-0.05, 0) is 50.5 Å². The highest BCUT2D eigenvalue weighted by molar-refractivity contribution is 5.90. The van der Waals surface area contributed by atoms with Gasteiger partial charge in [0.05, 0.1) is 22.6 Å². The Morgan fingerprint density at radius 3 is 1.79 bits per heavy atom. The zero-order valence-electron chi connectivity index (χ0n) is 27.2. The third-order valence-electron chi connectivity index (χ3n) is 9.69. The summed E-state index contributed by atoms with van der Waals surface area (Å²) in [7, 11) is 0. The first-order valence-corrected chi connectivity index (χ1v) is 15.5. The summed E-state index contributed by atoms with van der Waals surface area (Å²) in [6.07, 6.45) is -7.08. The van der Waals surface area contributed by atoms with Gasteiger partial charge in [-0.25, -0.2) is 9.59 Å². The SMILES string of the molecule is CC(=O)OC[C@]12[C@H](OC(C)=O)[C@H](OC(=O)c3ccccc3)[C@@H]3[C@@H](OC(C)=O)[C@]1(OC3(C)C)[C@H](C)C[C@H](OC(=O)c1ccccc1)[C@@H]2O. The van der Waals surface area contributed by atoms with Crippen LogP contribution in [0.4, 0.5) is 0 Å². The van der Waals surface area contributed by atoms with Crippen LogP contribution in [0.15, 0.2) is 60.7 Å². The molecule has 47 heavy (non-hydrogen) atoms. The Labute approximate surface area is 272 Å². The van der Waals surface area contributed by atoms with Crippen LogP contribution in [0.25, 0.3) is 0 Å². The molecule has 5 rings (SSSR count). The fraction of sp³-hybridized carbons (Fsp3) is 0.514. The van der Waals surface area contributed by atoms with Gasteiger partial charge in [0.15, 0.2) is 6.10 Å². The van der Waals surface area contributed by atoms with Gasteiger partial charge in [0.1, 0.15) is 42.0 Å². The molecule has 0 aromatic heterocycles. The van der Waals surface area contributed by atoms with Crippen LogP contribution in [-0.4, -0.2) is 83.3 Å². The topological polar surface area (TPSA) is 161 Å². The van der Waals surface area contributed by atoms with Crippen molar-refractivity contribution < 1.29 is 57.5 Å². The van der Waals surface area contributed by atoms with Crippen molar-refractivity contribution in [3.05, 3.63) is 71.8 Å². The van der Waals surface area contributed by atoms with E-state index in [0.29, 0.717) is 0 Å². The average molecular weight is 653 g/mol. The van der Waals surface area contributed by atoms with Gasteiger partial charge >= 0.3 is 29.8 Å². The molecule has 3 fully saturated rings. The second kappa shape index (κ2) is 12.7. The van der Waals surface area contributed by atoms with Gasteiger partial charge in [-0.15, -0.1) is 0 Å². The molecule has 0 amide bonds. The van der Waals surface area contributed by atoms with Crippen molar-refractivity contribution in [1.29, 1.82) is 0 Å². The maximum absolute atomic E-state index is 13.7. The summed E-state index contributed by atoms with van der Waals surface area (Å²) < 4.78 is 36.6. The number of hydrogen-bond acceptors (Lipinski definition) is 12. The third-order valence-corrected chi connectivity index (χ3v) is 9.69. The molecule has 2 bridgehead atoms. The molecule has 12 heteroatoms. The van der Waals surface area contributed by atoms with Gasteiger partial charge < -0.3 is 33.5 Å². The normalized spacial score (nSPS) is 33.5. The number of benzene rings is 2.